The van der Waals surface area contributed by atoms with Gasteiger partial charge in [-0.25, -0.2) is 0 Å². The van der Waals surface area contributed by atoms with E-state index in [9.17, 15) is 14.7 Å². The summed E-state index contributed by atoms with van der Waals surface area (Å²) in [4.78, 5) is 32.3. The Morgan fingerprint density at radius 1 is 1.23 bits per heavy atom. The van der Waals surface area contributed by atoms with Crippen molar-refractivity contribution in [1.29, 1.82) is 0 Å². The van der Waals surface area contributed by atoms with E-state index in [1.807, 2.05) is 30.5 Å². The van der Waals surface area contributed by atoms with E-state index in [1.54, 1.807) is 43.8 Å². The van der Waals surface area contributed by atoms with Gasteiger partial charge >= 0.3 is 0 Å². The van der Waals surface area contributed by atoms with Crippen molar-refractivity contribution < 1.29 is 19.4 Å². The second kappa shape index (κ2) is 8.12. The fourth-order valence-corrected chi connectivity index (χ4v) is 4.50. The summed E-state index contributed by atoms with van der Waals surface area (Å²) in [7, 11) is 1.57. The second-order valence-electron chi connectivity index (χ2n) is 6.99. The molecule has 152 valence electrons. The van der Waals surface area contributed by atoms with Crippen LogP contribution < -0.4 is 4.74 Å². The summed E-state index contributed by atoms with van der Waals surface area (Å²) in [5.74, 6) is -0.836. The van der Waals surface area contributed by atoms with E-state index >= 15 is 0 Å². The first-order chi connectivity index (χ1) is 14.5. The number of thiophene rings is 1. The monoisotopic (exact) mass is 420 g/mol. The van der Waals surface area contributed by atoms with Gasteiger partial charge in [-0.15, -0.1) is 11.3 Å². The number of nitrogens with zero attached hydrogens (tertiary/aromatic N) is 2. The number of methoxy groups -OCH3 is 1. The minimum Gasteiger partial charge on any atom is -0.507 e. The fraction of sp³-hybridized carbons (Fsp3) is 0.174. The molecule has 0 radical (unpaired) electrons. The van der Waals surface area contributed by atoms with Crippen molar-refractivity contribution >= 4 is 28.8 Å². The van der Waals surface area contributed by atoms with Crippen molar-refractivity contribution in [3.63, 3.8) is 0 Å². The van der Waals surface area contributed by atoms with Crippen LogP contribution in [0.3, 0.4) is 0 Å². The van der Waals surface area contributed by atoms with Crippen LogP contribution in [0.15, 0.2) is 65.8 Å². The van der Waals surface area contributed by atoms with Gasteiger partial charge in [0.25, 0.3) is 11.7 Å². The molecule has 7 heteroatoms. The topological polar surface area (TPSA) is 79.7 Å². The zero-order chi connectivity index (χ0) is 21.3. The average molecular weight is 420 g/mol. The van der Waals surface area contributed by atoms with Gasteiger partial charge in [-0.05, 0) is 53.8 Å². The highest BCUT2D eigenvalue weighted by atomic mass is 32.1. The summed E-state index contributed by atoms with van der Waals surface area (Å²) >= 11 is 1.44. The number of likely N-dealkylation sites (tertiary alicyclic amines) is 1. The Balaban J connectivity index is 1.83. The highest BCUT2D eigenvalue weighted by Gasteiger charge is 2.46. The first-order valence-corrected chi connectivity index (χ1v) is 10.2. The zero-order valence-corrected chi connectivity index (χ0v) is 17.3. The number of amides is 1. The van der Waals surface area contributed by atoms with Gasteiger partial charge in [0.05, 0.1) is 18.7 Å². The summed E-state index contributed by atoms with van der Waals surface area (Å²) in [6.45, 7) is 2.08. The molecule has 2 aromatic heterocycles. The van der Waals surface area contributed by atoms with E-state index in [0.717, 1.165) is 16.0 Å². The molecule has 1 fully saturated rings. The highest BCUT2D eigenvalue weighted by Crippen LogP contribution is 2.42. The van der Waals surface area contributed by atoms with Crippen LogP contribution in [0, 0.1) is 6.92 Å². The normalized spacial score (nSPS) is 18.1. The quantitative estimate of drug-likeness (QED) is 0.382. The molecule has 1 aromatic carbocycles. The fourth-order valence-electron chi connectivity index (χ4n) is 3.66. The standard InChI is InChI=1S/C23H20N2O4S/c1-14-11-16(7-8-17(14)29-2)21(26)19-20(18-6-4-10-30-18)25(23(28)22(19)27)13-15-5-3-9-24-12-15/h3-12,20,26H,13H2,1-2H3/b21-19-. The molecular weight excluding hydrogens is 400 g/mol. The number of carbonyl (C=O) groups is 2. The van der Waals surface area contributed by atoms with Gasteiger partial charge in [0.2, 0.25) is 0 Å². The van der Waals surface area contributed by atoms with Crippen molar-refractivity contribution in [2.45, 2.75) is 19.5 Å². The zero-order valence-electron chi connectivity index (χ0n) is 16.5. The lowest BCUT2D eigenvalue weighted by atomic mass is 9.98. The van der Waals surface area contributed by atoms with Gasteiger partial charge in [0.1, 0.15) is 11.5 Å². The Bertz CT molecular complexity index is 1120. The molecule has 3 heterocycles. The van der Waals surface area contributed by atoms with Gasteiger partial charge in [0.15, 0.2) is 0 Å². The molecule has 0 aliphatic carbocycles. The van der Waals surface area contributed by atoms with Gasteiger partial charge in [-0.3, -0.25) is 14.6 Å². The Labute approximate surface area is 178 Å². The number of benzene rings is 1. The van der Waals surface area contributed by atoms with Crippen LogP contribution in [-0.4, -0.2) is 33.8 Å². The van der Waals surface area contributed by atoms with Crippen molar-refractivity contribution in [2.24, 2.45) is 0 Å². The maximum absolute atomic E-state index is 13.0. The third-order valence-electron chi connectivity index (χ3n) is 5.10. The lowest BCUT2D eigenvalue weighted by molar-refractivity contribution is -0.140. The minimum atomic E-state index is -0.691. The van der Waals surface area contributed by atoms with Crippen LogP contribution in [0.2, 0.25) is 0 Å². The molecule has 1 amide bonds. The average Bonchev–Trinajstić information content (AvgIpc) is 3.37. The van der Waals surface area contributed by atoms with Crippen molar-refractivity contribution in [1.82, 2.24) is 9.88 Å². The van der Waals surface area contributed by atoms with Crippen LogP contribution in [0.1, 0.15) is 27.6 Å². The smallest absolute Gasteiger partial charge is 0.295 e. The molecule has 1 atom stereocenters. The summed E-state index contributed by atoms with van der Waals surface area (Å²) in [6.07, 6.45) is 3.32. The van der Waals surface area contributed by atoms with Crippen molar-refractivity contribution in [3.8, 4) is 5.75 Å². The Morgan fingerprint density at radius 2 is 2.07 bits per heavy atom. The lowest BCUT2D eigenvalue weighted by Crippen LogP contribution is -2.28. The van der Waals surface area contributed by atoms with E-state index in [-0.39, 0.29) is 17.9 Å². The molecule has 0 bridgehead atoms. The van der Waals surface area contributed by atoms with E-state index in [0.29, 0.717) is 11.3 Å². The number of ether oxygens (including phenoxy) is 1. The summed E-state index contributed by atoms with van der Waals surface area (Å²) in [5.41, 5.74) is 2.19. The molecule has 4 rings (SSSR count). The molecule has 3 aromatic rings. The number of hydrogen-bond donors (Lipinski definition) is 1. The van der Waals surface area contributed by atoms with Crippen LogP contribution in [-0.2, 0) is 16.1 Å². The summed E-state index contributed by atoms with van der Waals surface area (Å²) in [6, 6.07) is 11.9. The number of carbonyl (C=O) groups excluding carboxylic acids is 2. The molecule has 6 nitrogen and oxygen atoms in total. The van der Waals surface area contributed by atoms with E-state index in [1.165, 1.54) is 16.2 Å². The Morgan fingerprint density at radius 3 is 2.70 bits per heavy atom. The van der Waals surface area contributed by atoms with Crippen molar-refractivity contribution in [3.05, 3.63) is 87.4 Å². The molecule has 1 aliphatic heterocycles. The number of Topliss-reactive ketones (excluding diaryl/α,β-unsaturated/α-hetero) is 1. The van der Waals surface area contributed by atoms with Crippen LogP contribution in [0.25, 0.3) is 5.76 Å². The van der Waals surface area contributed by atoms with Gasteiger partial charge < -0.3 is 14.7 Å². The maximum atomic E-state index is 13.0. The summed E-state index contributed by atoms with van der Waals surface area (Å²) in [5, 5.41) is 13.0. The van der Waals surface area contributed by atoms with E-state index < -0.39 is 17.7 Å². The van der Waals surface area contributed by atoms with Crippen molar-refractivity contribution in [2.75, 3.05) is 7.11 Å². The van der Waals surface area contributed by atoms with Crippen LogP contribution >= 0.6 is 11.3 Å². The molecule has 1 unspecified atom stereocenters. The third kappa shape index (κ3) is 3.48. The number of hydrogen-bond acceptors (Lipinski definition) is 6. The molecule has 0 spiro atoms. The van der Waals surface area contributed by atoms with Crippen LogP contribution in [0.5, 0.6) is 5.75 Å². The van der Waals surface area contributed by atoms with Crippen LogP contribution in [0.4, 0.5) is 0 Å². The number of rotatable bonds is 5. The third-order valence-corrected chi connectivity index (χ3v) is 6.02. The Hall–Kier alpha value is -3.45. The maximum Gasteiger partial charge on any atom is 0.295 e. The predicted octanol–water partition coefficient (Wildman–Crippen LogP) is 4.08. The van der Waals surface area contributed by atoms with E-state index in [4.69, 9.17) is 4.74 Å². The lowest BCUT2D eigenvalue weighted by Gasteiger charge is -2.24. The minimum absolute atomic E-state index is 0.0934. The number of aliphatic hydroxyl groups is 1. The van der Waals surface area contributed by atoms with Gasteiger partial charge in [-0.1, -0.05) is 12.1 Å². The van der Waals surface area contributed by atoms with Gasteiger partial charge in [-0.2, -0.15) is 0 Å². The predicted molar refractivity (Wildman–Crippen MR) is 114 cm³/mol. The number of pyridine rings is 1. The summed E-state index contributed by atoms with van der Waals surface area (Å²) < 4.78 is 5.28. The number of aryl methyl sites for hydroxylation is 1. The SMILES string of the molecule is COc1ccc(/C(O)=C2/C(=O)C(=O)N(Cc3cccnc3)C2c2cccs2)cc1C. The first-order valence-electron chi connectivity index (χ1n) is 9.37. The number of aliphatic hydroxyl groups excluding tert-OH is 1. The molecule has 1 saturated heterocycles. The first kappa shape index (κ1) is 19.8. The molecule has 0 saturated carbocycles. The largest absolute Gasteiger partial charge is 0.507 e. The molecule has 1 aliphatic rings. The Kier molecular flexibility index (Phi) is 5.37. The highest BCUT2D eigenvalue weighted by molar-refractivity contribution is 7.10. The van der Waals surface area contributed by atoms with E-state index in [2.05, 4.69) is 4.98 Å². The molecular formula is C23H20N2O4S. The second-order valence-corrected chi connectivity index (χ2v) is 7.97. The molecule has 30 heavy (non-hydrogen) atoms. The number of ketones is 1. The molecule has 1 N–H and O–H groups in total. The number of aromatic nitrogens is 1. The van der Waals surface area contributed by atoms with Gasteiger partial charge in [0, 0.05) is 29.4 Å².